The van der Waals surface area contributed by atoms with Crippen LogP contribution in [0.1, 0.15) is 20.8 Å². The average molecular weight is 390 g/mol. The first kappa shape index (κ1) is 19.1. The minimum atomic E-state index is -0.0349. The molecular weight excluding hydrogens is 364 g/mol. The van der Waals surface area contributed by atoms with Crippen molar-refractivity contribution in [1.82, 2.24) is 20.0 Å². The summed E-state index contributed by atoms with van der Waals surface area (Å²) in [6.07, 6.45) is 5.59. The molecule has 150 valence electrons. The predicted molar refractivity (Wildman–Crippen MR) is 113 cm³/mol. The highest BCUT2D eigenvalue weighted by Crippen LogP contribution is 2.25. The highest BCUT2D eigenvalue weighted by atomic mass is 16.2. The van der Waals surface area contributed by atoms with Crippen LogP contribution >= 0.6 is 0 Å². The smallest absolute Gasteiger partial charge is 0.231 e. The molecule has 29 heavy (non-hydrogen) atoms. The maximum Gasteiger partial charge on any atom is 0.231 e. The van der Waals surface area contributed by atoms with E-state index in [1.54, 1.807) is 6.20 Å². The van der Waals surface area contributed by atoms with Crippen molar-refractivity contribution in [2.75, 3.05) is 23.3 Å². The SMILES string of the molecule is CC(C)(C)Cn1cc(-c2ccc(NC(=O)C3CN(c4cccnn4)C3)cc2)cn1. The molecule has 1 aromatic carbocycles. The molecule has 1 fully saturated rings. The number of hydrogen-bond donors (Lipinski definition) is 1. The van der Waals surface area contributed by atoms with Crippen molar-refractivity contribution in [2.24, 2.45) is 11.3 Å². The number of nitrogens with one attached hydrogen (secondary N) is 1. The Morgan fingerprint density at radius 2 is 1.90 bits per heavy atom. The van der Waals surface area contributed by atoms with Gasteiger partial charge in [0.1, 0.15) is 0 Å². The van der Waals surface area contributed by atoms with E-state index in [2.05, 4.69) is 52.5 Å². The Labute approximate surface area is 170 Å². The average Bonchev–Trinajstić information content (AvgIpc) is 3.08. The lowest BCUT2D eigenvalue weighted by Gasteiger charge is -2.38. The Morgan fingerprint density at radius 1 is 1.14 bits per heavy atom. The minimum absolute atomic E-state index is 0.0349. The maximum atomic E-state index is 12.5. The van der Waals surface area contributed by atoms with E-state index in [1.807, 2.05) is 47.3 Å². The second-order valence-electron chi connectivity index (χ2n) is 8.74. The molecule has 1 amide bonds. The van der Waals surface area contributed by atoms with E-state index in [4.69, 9.17) is 0 Å². The number of carbonyl (C=O) groups excluding carboxylic acids is 1. The molecule has 1 aliphatic heterocycles. The fourth-order valence-electron chi connectivity index (χ4n) is 3.37. The van der Waals surface area contributed by atoms with Gasteiger partial charge in [-0.05, 0) is 35.2 Å². The van der Waals surface area contributed by atoms with Crippen molar-refractivity contribution >= 4 is 17.4 Å². The summed E-state index contributed by atoms with van der Waals surface area (Å²) in [6, 6.07) is 11.7. The van der Waals surface area contributed by atoms with Crippen LogP contribution < -0.4 is 10.2 Å². The van der Waals surface area contributed by atoms with Crippen LogP contribution in [0.15, 0.2) is 55.0 Å². The second kappa shape index (κ2) is 7.66. The van der Waals surface area contributed by atoms with E-state index >= 15 is 0 Å². The molecule has 2 aromatic heterocycles. The van der Waals surface area contributed by atoms with E-state index in [1.165, 1.54) is 0 Å². The molecular formula is C22H26N6O. The lowest BCUT2D eigenvalue weighted by molar-refractivity contribution is -0.120. The zero-order valence-corrected chi connectivity index (χ0v) is 17.0. The summed E-state index contributed by atoms with van der Waals surface area (Å²) in [5, 5.41) is 15.4. The number of aromatic nitrogens is 4. The van der Waals surface area contributed by atoms with Crippen molar-refractivity contribution in [3.8, 4) is 11.1 Å². The summed E-state index contributed by atoms with van der Waals surface area (Å²) >= 11 is 0. The number of carbonyl (C=O) groups is 1. The third-order valence-corrected chi connectivity index (χ3v) is 4.89. The first-order valence-corrected chi connectivity index (χ1v) is 9.84. The van der Waals surface area contributed by atoms with Crippen molar-refractivity contribution in [1.29, 1.82) is 0 Å². The summed E-state index contributed by atoms with van der Waals surface area (Å²) < 4.78 is 1.98. The summed E-state index contributed by atoms with van der Waals surface area (Å²) in [5.74, 6) is 0.816. The van der Waals surface area contributed by atoms with Gasteiger partial charge in [-0.25, -0.2) is 0 Å². The maximum absolute atomic E-state index is 12.5. The third kappa shape index (κ3) is 4.62. The Morgan fingerprint density at radius 3 is 2.55 bits per heavy atom. The molecule has 0 unspecified atom stereocenters. The molecule has 7 nitrogen and oxygen atoms in total. The van der Waals surface area contributed by atoms with Crippen molar-refractivity contribution in [3.63, 3.8) is 0 Å². The van der Waals surface area contributed by atoms with Gasteiger partial charge in [0, 0.05) is 43.3 Å². The zero-order valence-electron chi connectivity index (χ0n) is 17.0. The molecule has 0 saturated carbocycles. The zero-order chi connectivity index (χ0) is 20.4. The highest BCUT2D eigenvalue weighted by Gasteiger charge is 2.33. The van der Waals surface area contributed by atoms with E-state index in [9.17, 15) is 4.79 Å². The topological polar surface area (TPSA) is 75.9 Å². The summed E-state index contributed by atoms with van der Waals surface area (Å²) in [4.78, 5) is 14.5. The standard InChI is InChI=1S/C22H26N6O/c1-22(2,3)15-28-14-17(11-24-28)16-6-8-19(9-7-16)25-21(29)18-12-27(13-18)20-5-4-10-23-26-20/h4-11,14,18H,12-13,15H2,1-3H3,(H,25,29). The van der Waals surface area contributed by atoms with Crippen LogP contribution in [0.5, 0.6) is 0 Å². The summed E-state index contributed by atoms with van der Waals surface area (Å²) in [5.41, 5.74) is 3.15. The number of nitrogens with zero attached hydrogens (tertiary/aromatic N) is 5. The van der Waals surface area contributed by atoms with Crippen molar-refractivity contribution in [3.05, 3.63) is 55.0 Å². The molecule has 1 N–H and O–H groups in total. The molecule has 0 aliphatic carbocycles. The predicted octanol–water partition coefficient (Wildman–Crippen LogP) is 3.46. The van der Waals surface area contributed by atoms with Crippen LogP contribution in [0.2, 0.25) is 0 Å². The van der Waals surface area contributed by atoms with Gasteiger partial charge in [0.15, 0.2) is 5.82 Å². The van der Waals surface area contributed by atoms with Gasteiger partial charge in [0.05, 0.1) is 12.1 Å². The first-order valence-electron chi connectivity index (χ1n) is 9.84. The van der Waals surface area contributed by atoms with Crippen LogP contribution in [0.4, 0.5) is 11.5 Å². The minimum Gasteiger partial charge on any atom is -0.353 e. The molecule has 3 aromatic rings. The quantitative estimate of drug-likeness (QED) is 0.722. The fraction of sp³-hybridized carbons (Fsp3) is 0.364. The van der Waals surface area contributed by atoms with Crippen LogP contribution in [0.25, 0.3) is 11.1 Å². The van der Waals surface area contributed by atoms with Crippen molar-refractivity contribution in [2.45, 2.75) is 27.3 Å². The van der Waals surface area contributed by atoms with E-state index < -0.39 is 0 Å². The van der Waals surface area contributed by atoms with Crippen LogP contribution in [-0.2, 0) is 11.3 Å². The van der Waals surface area contributed by atoms with Crippen LogP contribution in [0.3, 0.4) is 0 Å². The van der Waals surface area contributed by atoms with Gasteiger partial charge in [-0.15, -0.1) is 5.10 Å². The van der Waals surface area contributed by atoms with Gasteiger partial charge in [0.2, 0.25) is 5.91 Å². The number of amides is 1. The molecule has 1 aliphatic rings. The number of anilines is 2. The molecule has 0 spiro atoms. The van der Waals surface area contributed by atoms with E-state index in [0.29, 0.717) is 13.1 Å². The Bertz CT molecular complexity index is 969. The van der Waals surface area contributed by atoms with Gasteiger partial charge in [-0.3, -0.25) is 9.48 Å². The van der Waals surface area contributed by atoms with Crippen molar-refractivity contribution < 1.29 is 4.79 Å². The summed E-state index contributed by atoms with van der Waals surface area (Å²) in [7, 11) is 0. The normalized spacial score (nSPS) is 14.5. The molecule has 0 atom stereocenters. The van der Waals surface area contributed by atoms with Gasteiger partial charge >= 0.3 is 0 Å². The lowest BCUT2D eigenvalue weighted by Crippen LogP contribution is -2.52. The van der Waals surface area contributed by atoms with Gasteiger partial charge in [-0.1, -0.05) is 32.9 Å². The molecule has 3 heterocycles. The van der Waals surface area contributed by atoms with Gasteiger partial charge < -0.3 is 10.2 Å². The molecule has 1 saturated heterocycles. The highest BCUT2D eigenvalue weighted by molar-refractivity contribution is 5.94. The third-order valence-electron chi connectivity index (χ3n) is 4.89. The molecule has 0 bridgehead atoms. The first-order chi connectivity index (χ1) is 13.9. The fourth-order valence-corrected chi connectivity index (χ4v) is 3.37. The second-order valence-corrected chi connectivity index (χ2v) is 8.74. The molecule has 7 heteroatoms. The van der Waals surface area contributed by atoms with Gasteiger partial charge in [0.25, 0.3) is 0 Å². The summed E-state index contributed by atoms with van der Waals surface area (Å²) in [6.45, 7) is 8.78. The monoisotopic (exact) mass is 390 g/mol. The van der Waals surface area contributed by atoms with E-state index in [-0.39, 0.29) is 17.2 Å². The Balaban J connectivity index is 1.32. The number of benzene rings is 1. The van der Waals surface area contributed by atoms with Gasteiger partial charge in [-0.2, -0.15) is 10.2 Å². The van der Waals surface area contributed by atoms with Crippen LogP contribution in [-0.4, -0.2) is 39.0 Å². The van der Waals surface area contributed by atoms with E-state index in [0.717, 1.165) is 29.2 Å². The lowest BCUT2D eigenvalue weighted by atomic mass is 9.97. The van der Waals surface area contributed by atoms with Crippen LogP contribution in [0, 0.1) is 11.3 Å². The molecule has 0 radical (unpaired) electrons. The Kier molecular flexibility index (Phi) is 5.05. The largest absolute Gasteiger partial charge is 0.353 e. The number of rotatable bonds is 5. The number of hydrogen-bond acceptors (Lipinski definition) is 5. The Hall–Kier alpha value is -3.22. The molecule has 4 rings (SSSR count).